The summed E-state index contributed by atoms with van der Waals surface area (Å²) in [6, 6.07) is 8.30. The zero-order valence-corrected chi connectivity index (χ0v) is 26.6. The molecule has 0 spiro atoms. The summed E-state index contributed by atoms with van der Waals surface area (Å²) >= 11 is 0. The molecule has 2 N–H and O–H groups in total. The van der Waals surface area contributed by atoms with Gasteiger partial charge >= 0.3 is 5.97 Å². The highest BCUT2D eigenvalue weighted by Crippen LogP contribution is 2.44. The van der Waals surface area contributed by atoms with Crippen molar-refractivity contribution >= 4 is 5.97 Å². The second kappa shape index (κ2) is 16.1. The Kier molecular flexibility index (Phi) is 13.6. The highest BCUT2D eigenvalue weighted by Gasteiger charge is 2.34. The fourth-order valence-electron chi connectivity index (χ4n) is 5.85. The summed E-state index contributed by atoms with van der Waals surface area (Å²) < 4.78 is 6.60. The highest BCUT2D eigenvalue weighted by atomic mass is 16.5. The summed E-state index contributed by atoms with van der Waals surface area (Å²) in [5, 5.41) is 18.8. The molecule has 3 atom stereocenters. The number of rotatable bonds is 13. The minimum Gasteiger partial charge on any atom is -0.507 e. The van der Waals surface area contributed by atoms with E-state index in [0.29, 0.717) is 11.3 Å². The van der Waals surface area contributed by atoms with E-state index in [1.54, 1.807) is 30.3 Å². The number of fused-ring (bicyclic) bond motifs is 1. The third-order valence-electron chi connectivity index (χ3n) is 8.89. The zero-order valence-electron chi connectivity index (χ0n) is 26.6. The summed E-state index contributed by atoms with van der Waals surface area (Å²) in [5.74, 6) is 3.16. The average Bonchev–Trinajstić information content (AvgIpc) is 2.91. The Labute approximate surface area is 244 Å². The first-order chi connectivity index (χ1) is 18.8. The van der Waals surface area contributed by atoms with E-state index in [1.165, 1.54) is 56.9 Å². The van der Waals surface area contributed by atoms with Gasteiger partial charge < -0.3 is 14.9 Å². The molecular formula is C36H56O4. The largest absolute Gasteiger partial charge is 0.507 e. The molecule has 0 fully saturated rings. The maximum atomic E-state index is 10.4. The van der Waals surface area contributed by atoms with Crippen molar-refractivity contribution in [1.82, 2.24) is 0 Å². The van der Waals surface area contributed by atoms with Gasteiger partial charge in [-0.1, -0.05) is 90.8 Å². The number of aromatic hydroxyl groups is 1. The zero-order chi connectivity index (χ0) is 29.9. The molecule has 1 aliphatic heterocycles. The third-order valence-corrected chi connectivity index (χ3v) is 8.89. The first kappa shape index (κ1) is 33.7. The molecule has 40 heavy (non-hydrogen) atoms. The molecule has 0 unspecified atom stereocenters. The number of benzene rings is 2. The van der Waals surface area contributed by atoms with Gasteiger partial charge in [-0.05, 0) is 100.0 Å². The van der Waals surface area contributed by atoms with Crippen molar-refractivity contribution in [3.8, 4) is 11.5 Å². The number of carboxylic acid groups (broad SMARTS) is 1. The Hall–Kier alpha value is -2.49. The summed E-state index contributed by atoms with van der Waals surface area (Å²) in [5.41, 5.74) is 4.56. The number of hydrogen-bond donors (Lipinski definition) is 2. The van der Waals surface area contributed by atoms with Gasteiger partial charge in [-0.2, -0.15) is 0 Å². The topological polar surface area (TPSA) is 66.8 Å². The molecule has 1 aliphatic rings. The van der Waals surface area contributed by atoms with E-state index in [1.807, 2.05) is 13.8 Å². The molecule has 4 heteroatoms. The van der Waals surface area contributed by atoms with Crippen LogP contribution in [-0.4, -0.2) is 21.8 Å². The lowest BCUT2D eigenvalue weighted by Gasteiger charge is -2.38. The predicted octanol–water partition coefficient (Wildman–Crippen LogP) is 10.2. The van der Waals surface area contributed by atoms with Crippen LogP contribution in [0.25, 0.3) is 0 Å². The minimum atomic E-state index is -0.879. The highest BCUT2D eigenvalue weighted by molar-refractivity contribution is 5.87. The Morgan fingerprint density at radius 3 is 1.93 bits per heavy atom. The van der Waals surface area contributed by atoms with E-state index in [-0.39, 0.29) is 5.60 Å². The number of ether oxygens (including phenoxy) is 1. The fourth-order valence-corrected chi connectivity index (χ4v) is 5.85. The molecule has 2 aromatic carbocycles. The standard InChI is InChI=1S/C29H50O2.C7H6O2/c1-20(2)12-9-13-21(3)14-10-15-22(4)16-11-18-29(8)19-17-26-25(7)27(30)23(5)24(6)28(26)31-29;8-7(9)6-4-2-1-3-5-6/h20-22,30H,9-19H2,1-8H3;1-5H,(H,8,9)/t21-,22-,29-;/m1./s1. The molecular weight excluding hydrogens is 496 g/mol. The number of hydrogen-bond acceptors (Lipinski definition) is 3. The summed E-state index contributed by atoms with van der Waals surface area (Å²) in [4.78, 5) is 10.2. The van der Waals surface area contributed by atoms with Gasteiger partial charge in [0.05, 0.1) is 5.56 Å². The van der Waals surface area contributed by atoms with E-state index >= 15 is 0 Å². The maximum absolute atomic E-state index is 10.4. The smallest absolute Gasteiger partial charge is 0.335 e. The first-order valence-electron chi connectivity index (χ1n) is 15.6. The number of carbonyl (C=O) groups is 1. The summed E-state index contributed by atoms with van der Waals surface area (Å²) in [6.07, 6.45) is 14.1. The lowest BCUT2D eigenvalue weighted by atomic mass is 9.84. The van der Waals surface area contributed by atoms with Crippen molar-refractivity contribution in [3.05, 3.63) is 58.1 Å². The molecule has 0 bridgehead atoms. The quantitative estimate of drug-likeness (QED) is 0.259. The SMILES string of the molecule is Cc1c(C)c2c(c(C)c1O)CC[C@@](C)(CCC[C@H](C)CCC[C@H](C)CCCC(C)C)O2.O=C(O)c1ccccc1. The van der Waals surface area contributed by atoms with Gasteiger partial charge in [-0.15, -0.1) is 0 Å². The van der Waals surface area contributed by atoms with Crippen LogP contribution in [0.3, 0.4) is 0 Å². The lowest BCUT2D eigenvalue weighted by molar-refractivity contribution is 0.0511. The molecule has 224 valence electrons. The van der Waals surface area contributed by atoms with Crippen molar-refractivity contribution in [2.75, 3.05) is 0 Å². The average molecular weight is 553 g/mol. The number of aromatic carboxylic acids is 1. The van der Waals surface area contributed by atoms with Crippen LogP contribution in [0, 0.1) is 38.5 Å². The van der Waals surface area contributed by atoms with Crippen LogP contribution in [0.2, 0.25) is 0 Å². The lowest BCUT2D eigenvalue weighted by Crippen LogP contribution is -2.37. The van der Waals surface area contributed by atoms with Crippen LogP contribution in [-0.2, 0) is 6.42 Å². The number of carboxylic acids is 1. The monoisotopic (exact) mass is 552 g/mol. The van der Waals surface area contributed by atoms with Crippen molar-refractivity contribution in [2.24, 2.45) is 17.8 Å². The van der Waals surface area contributed by atoms with Crippen LogP contribution in [0.4, 0.5) is 0 Å². The van der Waals surface area contributed by atoms with Gasteiger partial charge in [-0.3, -0.25) is 0 Å². The molecule has 2 aromatic rings. The molecule has 0 saturated heterocycles. The van der Waals surface area contributed by atoms with Crippen molar-refractivity contribution < 1.29 is 19.7 Å². The Morgan fingerprint density at radius 2 is 1.40 bits per heavy atom. The van der Waals surface area contributed by atoms with Crippen molar-refractivity contribution in [3.63, 3.8) is 0 Å². The van der Waals surface area contributed by atoms with E-state index in [2.05, 4.69) is 41.5 Å². The molecule has 0 aromatic heterocycles. The van der Waals surface area contributed by atoms with Gasteiger partial charge in [0.25, 0.3) is 0 Å². The van der Waals surface area contributed by atoms with Crippen LogP contribution in [0.1, 0.15) is 131 Å². The second-order valence-corrected chi connectivity index (χ2v) is 13.1. The molecule has 4 nitrogen and oxygen atoms in total. The van der Waals surface area contributed by atoms with Gasteiger partial charge in [-0.25, -0.2) is 4.79 Å². The molecule has 1 heterocycles. The summed E-state index contributed by atoms with van der Waals surface area (Å²) in [6.45, 7) is 17.9. The predicted molar refractivity (Wildman–Crippen MR) is 168 cm³/mol. The van der Waals surface area contributed by atoms with E-state index in [4.69, 9.17) is 9.84 Å². The normalized spacial score (nSPS) is 17.8. The molecule has 0 aliphatic carbocycles. The van der Waals surface area contributed by atoms with E-state index in [9.17, 15) is 9.90 Å². The maximum Gasteiger partial charge on any atom is 0.335 e. The van der Waals surface area contributed by atoms with E-state index < -0.39 is 5.97 Å². The van der Waals surface area contributed by atoms with Gasteiger partial charge in [0.1, 0.15) is 17.1 Å². The Balaban J connectivity index is 0.000000526. The Morgan fingerprint density at radius 1 is 0.850 bits per heavy atom. The number of phenols is 1. The minimum absolute atomic E-state index is 0.0712. The van der Waals surface area contributed by atoms with E-state index in [0.717, 1.165) is 59.5 Å². The number of phenolic OH excluding ortho intramolecular Hbond substituents is 1. The van der Waals surface area contributed by atoms with Gasteiger partial charge in [0.15, 0.2) is 0 Å². The van der Waals surface area contributed by atoms with Crippen molar-refractivity contribution in [1.29, 1.82) is 0 Å². The summed E-state index contributed by atoms with van der Waals surface area (Å²) in [7, 11) is 0. The molecule has 0 amide bonds. The molecule has 0 radical (unpaired) electrons. The van der Waals surface area contributed by atoms with Gasteiger partial charge in [0.2, 0.25) is 0 Å². The fraction of sp³-hybridized carbons (Fsp3) is 0.639. The third kappa shape index (κ3) is 10.5. The van der Waals surface area contributed by atoms with Crippen LogP contribution < -0.4 is 4.74 Å². The second-order valence-electron chi connectivity index (χ2n) is 13.1. The van der Waals surface area contributed by atoms with Crippen LogP contribution in [0.5, 0.6) is 11.5 Å². The molecule has 3 rings (SSSR count). The van der Waals surface area contributed by atoms with Crippen LogP contribution in [0.15, 0.2) is 30.3 Å². The first-order valence-corrected chi connectivity index (χ1v) is 15.6. The molecule has 0 saturated carbocycles. The Bertz CT molecular complexity index is 1060. The van der Waals surface area contributed by atoms with Crippen molar-refractivity contribution in [2.45, 2.75) is 132 Å². The van der Waals surface area contributed by atoms with Gasteiger partial charge in [0, 0.05) is 5.56 Å². The van der Waals surface area contributed by atoms with Crippen LogP contribution >= 0.6 is 0 Å².